The van der Waals surface area contributed by atoms with Crippen LogP contribution in [0.25, 0.3) is 0 Å². The molecule has 1 aromatic rings. The molecule has 4 nitrogen and oxygen atoms in total. The molecule has 1 aliphatic heterocycles. The molecular weight excluding hydrogens is 204 g/mol. The van der Waals surface area contributed by atoms with E-state index >= 15 is 0 Å². The summed E-state index contributed by atoms with van der Waals surface area (Å²) in [6, 6.07) is 0. The largest absolute Gasteiger partial charge is 0.415 e. The van der Waals surface area contributed by atoms with Crippen LogP contribution in [-0.2, 0) is 12.8 Å². The third-order valence-electron chi connectivity index (χ3n) is 2.20. The highest BCUT2D eigenvalue weighted by molar-refractivity contribution is 5.19. The molecule has 15 heavy (non-hydrogen) atoms. The smallest absolute Gasteiger partial charge is 0.388 e. The minimum Gasteiger partial charge on any atom is -0.415 e. The van der Waals surface area contributed by atoms with Crippen LogP contribution in [0.4, 0.5) is 8.78 Å². The third-order valence-corrected chi connectivity index (χ3v) is 2.20. The number of nitrogens with one attached hydrogen (secondary N) is 1. The van der Waals surface area contributed by atoms with E-state index in [1.165, 1.54) is 6.20 Å². The third kappa shape index (κ3) is 2.59. The summed E-state index contributed by atoms with van der Waals surface area (Å²) >= 11 is 0. The second-order valence-corrected chi connectivity index (χ2v) is 3.23. The lowest BCUT2D eigenvalue weighted by molar-refractivity contribution is -0.0532. The number of alkyl halides is 2. The van der Waals surface area contributed by atoms with Gasteiger partial charge in [0.15, 0.2) is 0 Å². The number of hydrogen-bond donors (Lipinski definition) is 1. The molecule has 6 heteroatoms. The zero-order valence-electron chi connectivity index (χ0n) is 8.04. The molecule has 1 aliphatic rings. The van der Waals surface area contributed by atoms with E-state index in [1.807, 2.05) is 0 Å². The molecule has 0 saturated heterocycles. The average Bonchev–Trinajstić information content (AvgIpc) is 2.41. The molecule has 0 unspecified atom stereocenters. The summed E-state index contributed by atoms with van der Waals surface area (Å²) < 4.78 is 28.1. The Morgan fingerprint density at radius 3 is 2.73 bits per heavy atom. The zero-order valence-corrected chi connectivity index (χ0v) is 8.04. The van der Waals surface area contributed by atoms with Crippen LogP contribution in [0.3, 0.4) is 0 Å². The average molecular weight is 215 g/mol. The molecule has 0 bridgehead atoms. The predicted molar refractivity (Wildman–Crippen MR) is 48.9 cm³/mol. The molecule has 0 atom stereocenters. The van der Waals surface area contributed by atoms with Crippen LogP contribution in [0.5, 0.6) is 5.88 Å². The number of halogens is 2. The molecule has 0 amide bonds. The first-order valence-corrected chi connectivity index (χ1v) is 4.76. The number of nitrogens with zero attached hydrogens (tertiary/aromatic N) is 2. The van der Waals surface area contributed by atoms with Crippen molar-refractivity contribution >= 4 is 0 Å². The minimum absolute atomic E-state index is 0.106. The van der Waals surface area contributed by atoms with Gasteiger partial charge in [-0.15, -0.1) is 0 Å². The second kappa shape index (κ2) is 4.48. The Labute approximate surface area is 85.7 Å². The fourth-order valence-electron chi connectivity index (χ4n) is 1.53. The molecule has 0 radical (unpaired) electrons. The van der Waals surface area contributed by atoms with Crippen LogP contribution in [-0.4, -0.2) is 29.7 Å². The second-order valence-electron chi connectivity index (χ2n) is 3.23. The highest BCUT2D eigenvalue weighted by atomic mass is 19.3. The Morgan fingerprint density at radius 1 is 1.27 bits per heavy atom. The van der Waals surface area contributed by atoms with Gasteiger partial charge in [-0.05, 0) is 0 Å². The van der Waals surface area contributed by atoms with Crippen molar-refractivity contribution < 1.29 is 13.5 Å². The molecule has 2 heterocycles. The van der Waals surface area contributed by atoms with Gasteiger partial charge < -0.3 is 10.1 Å². The summed E-state index contributed by atoms with van der Waals surface area (Å²) in [5, 5.41) is 3.19. The molecule has 1 N–H and O–H groups in total. The number of ether oxygens (including phenoxy) is 1. The molecule has 0 aromatic carbocycles. The van der Waals surface area contributed by atoms with E-state index in [0.717, 1.165) is 30.9 Å². The Bertz CT molecular complexity index is 346. The summed E-state index contributed by atoms with van der Waals surface area (Å²) in [6.07, 6.45) is 2.72. The monoisotopic (exact) mass is 215 g/mol. The van der Waals surface area contributed by atoms with E-state index in [2.05, 4.69) is 20.0 Å². The summed E-state index contributed by atoms with van der Waals surface area (Å²) in [5.41, 5.74) is 1.61. The summed E-state index contributed by atoms with van der Waals surface area (Å²) in [4.78, 5) is 8.08. The zero-order chi connectivity index (χ0) is 10.7. The van der Waals surface area contributed by atoms with Gasteiger partial charge in [-0.2, -0.15) is 8.78 Å². The topological polar surface area (TPSA) is 47.0 Å². The standard InChI is InChI=1S/C9H11F2N3O/c10-9(11)15-8-5-13-6-1-3-12-4-2-7(6)14-8/h5,9,12H,1-4H2. The molecule has 1 aromatic heterocycles. The summed E-state index contributed by atoms with van der Waals surface area (Å²) in [7, 11) is 0. The van der Waals surface area contributed by atoms with Crippen molar-refractivity contribution in [2.45, 2.75) is 19.5 Å². The highest BCUT2D eigenvalue weighted by Crippen LogP contribution is 2.14. The maximum atomic E-state index is 11.9. The Balaban J connectivity index is 2.20. The lowest BCUT2D eigenvalue weighted by atomic mass is 10.2. The lowest BCUT2D eigenvalue weighted by Gasteiger charge is -2.06. The van der Waals surface area contributed by atoms with Gasteiger partial charge in [-0.1, -0.05) is 0 Å². The van der Waals surface area contributed by atoms with E-state index in [1.54, 1.807) is 0 Å². The van der Waals surface area contributed by atoms with E-state index in [-0.39, 0.29) is 5.88 Å². The normalized spacial score (nSPS) is 15.9. The van der Waals surface area contributed by atoms with Gasteiger partial charge in [-0.3, -0.25) is 4.98 Å². The molecule has 0 saturated carbocycles. The number of rotatable bonds is 2. The highest BCUT2D eigenvalue weighted by Gasteiger charge is 2.13. The van der Waals surface area contributed by atoms with Gasteiger partial charge in [0.2, 0.25) is 5.88 Å². The van der Waals surface area contributed by atoms with E-state index < -0.39 is 6.61 Å². The van der Waals surface area contributed by atoms with Crippen molar-refractivity contribution in [3.05, 3.63) is 17.6 Å². The van der Waals surface area contributed by atoms with E-state index in [4.69, 9.17) is 0 Å². The van der Waals surface area contributed by atoms with E-state index in [0.29, 0.717) is 6.42 Å². The fourth-order valence-corrected chi connectivity index (χ4v) is 1.53. The number of fused-ring (bicyclic) bond motifs is 1. The van der Waals surface area contributed by atoms with Crippen LogP contribution in [0.15, 0.2) is 6.20 Å². The van der Waals surface area contributed by atoms with Gasteiger partial charge in [0.05, 0.1) is 17.6 Å². The van der Waals surface area contributed by atoms with Crippen LogP contribution in [0.2, 0.25) is 0 Å². The quantitative estimate of drug-likeness (QED) is 0.791. The van der Waals surface area contributed by atoms with Crippen LogP contribution >= 0.6 is 0 Å². The van der Waals surface area contributed by atoms with Crippen LogP contribution in [0, 0.1) is 0 Å². The van der Waals surface area contributed by atoms with Crippen molar-refractivity contribution in [3.8, 4) is 5.88 Å². The fraction of sp³-hybridized carbons (Fsp3) is 0.556. The molecule has 82 valence electrons. The van der Waals surface area contributed by atoms with Crippen LogP contribution < -0.4 is 10.1 Å². The van der Waals surface area contributed by atoms with Gasteiger partial charge in [-0.25, -0.2) is 4.98 Å². The maximum absolute atomic E-state index is 11.9. The van der Waals surface area contributed by atoms with Crippen molar-refractivity contribution in [1.82, 2.24) is 15.3 Å². The number of aromatic nitrogens is 2. The predicted octanol–water partition coefficient (Wildman–Crippen LogP) is 0.766. The van der Waals surface area contributed by atoms with Gasteiger partial charge in [0.25, 0.3) is 0 Å². The molecular formula is C9H11F2N3O. The first kappa shape index (κ1) is 10.2. The van der Waals surface area contributed by atoms with E-state index in [9.17, 15) is 8.78 Å². The van der Waals surface area contributed by atoms with Crippen molar-refractivity contribution in [3.63, 3.8) is 0 Å². The first-order valence-electron chi connectivity index (χ1n) is 4.76. The van der Waals surface area contributed by atoms with Gasteiger partial charge >= 0.3 is 6.61 Å². The van der Waals surface area contributed by atoms with Gasteiger partial charge in [0.1, 0.15) is 0 Å². The summed E-state index contributed by atoms with van der Waals surface area (Å²) in [5.74, 6) is -0.106. The van der Waals surface area contributed by atoms with Crippen LogP contribution in [0.1, 0.15) is 11.4 Å². The molecule has 0 aliphatic carbocycles. The first-order chi connectivity index (χ1) is 7.25. The van der Waals surface area contributed by atoms with Crippen molar-refractivity contribution in [2.24, 2.45) is 0 Å². The van der Waals surface area contributed by atoms with Crippen molar-refractivity contribution in [1.29, 1.82) is 0 Å². The lowest BCUT2D eigenvalue weighted by Crippen LogP contribution is -2.16. The van der Waals surface area contributed by atoms with Gasteiger partial charge in [0, 0.05) is 25.9 Å². The number of hydrogen-bond acceptors (Lipinski definition) is 4. The Hall–Kier alpha value is -1.30. The molecule has 0 fully saturated rings. The van der Waals surface area contributed by atoms with Crippen molar-refractivity contribution in [2.75, 3.05) is 13.1 Å². The maximum Gasteiger partial charge on any atom is 0.388 e. The molecule has 0 spiro atoms. The SMILES string of the molecule is FC(F)Oc1cnc2c(n1)CCNCC2. The molecule has 2 rings (SSSR count). The summed E-state index contributed by atoms with van der Waals surface area (Å²) in [6.45, 7) is -1.21. The minimum atomic E-state index is -2.85. The Kier molecular flexibility index (Phi) is 3.05. The Morgan fingerprint density at radius 2 is 2.00 bits per heavy atom.